The van der Waals surface area contributed by atoms with Crippen LogP contribution >= 0.6 is 0 Å². The van der Waals surface area contributed by atoms with Crippen LogP contribution in [0.2, 0.25) is 0 Å². The average molecular weight is 212 g/mol. The summed E-state index contributed by atoms with van der Waals surface area (Å²) in [5, 5.41) is 0. The molecule has 2 rings (SSSR count). The van der Waals surface area contributed by atoms with Crippen LogP contribution in [-0.4, -0.2) is 43.3 Å². The summed E-state index contributed by atoms with van der Waals surface area (Å²) in [4.78, 5) is 2.49. The van der Waals surface area contributed by atoms with Gasteiger partial charge in [-0.3, -0.25) is 4.90 Å². The third kappa shape index (κ3) is 2.71. The van der Waals surface area contributed by atoms with E-state index >= 15 is 0 Å². The Balaban J connectivity index is 1.89. The minimum atomic E-state index is 0.311. The van der Waals surface area contributed by atoms with Crippen molar-refractivity contribution in [2.75, 3.05) is 20.3 Å². The second-order valence-corrected chi connectivity index (χ2v) is 5.05. The Kier molecular flexibility index (Phi) is 4.00. The maximum absolute atomic E-state index is 6.16. The highest BCUT2D eigenvalue weighted by atomic mass is 16.5. The molecule has 0 bridgehead atoms. The highest BCUT2D eigenvalue weighted by Crippen LogP contribution is 2.25. The van der Waals surface area contributed by atoms with Crippen molar-refractivity contribution in [3.63, 3.8) is 0 Å². The monoisotopic (exact) mass is 212 g/mol. The van der Waals surface area contributed by atoms with Crippen LogP contribution in [0, 0.1) is 0 Å². The van der Waals surface area contributed by atoms with E-state index in [4.69, 9.17) is 10.5 Å². The lowest BCUT2D eigenvalue weighted by Crippen LogP contribution is -2.55. The molecule has 15 heavy (non-hydrogen) atoms. The minimum Gasteiger partial charge on any atom is -0.380 e. The second-order valence-electron chi connectivity index (χ2n) is 5.05. The zero-order chi connectivity index (χ0) is 10.7. The molecule has 2 N–H and O–H groups in total. The predicted molar refractivity (Wildman–Crippen MR) is 61.8 cm³/mol. The molecule has 88 valence electrons. The van der Waals surface area contributed by atoms with Gasteiger partial charge in [0, 0.05) is 24.7 Å². The zero-order valence-electron chi connectivity index (χ0n) is 9.82. The number of likely N-dealkylation sites (N-methyl/N-ethyl adjacent to an activating group) is 1. The molecule has 1 saturated carbocycles. The molecule has 0 spiro atoms. The fourth-order valence-electron chi connectivity index (χ4n) is 2.92. The molecule has 2 atom stereocenters. The first-order chi connectivity index (χ1) is 7.29. The lowest BCUT2D eigenvalue weighted by molar-refractivity contribution is -0.00557. The number of nitrogens with two attached hydrogens (primary N) is 1. The fraction of sp³-hybridized carbons (Fsp3) is 1.00. The van der Waals surface area contributed by atoms with Gasteiger partial charge in [-0.05, 0) is 26.3 Å². The van der Waals surface area contributed by atoms with Crippen LogP contribution in [0.1, 0.15) is 38.5 Å². The molecule has 1 saturated heterocycles. The topological polar surface area (TPSA) is 38.5 Å². The van der Waals surface area contributed by atoms with Crippen LogP contribution < -0.4 is 5.73 Å². The minimum absolute atomic E-state index is 0.311. The van der Waals surface area contributed by atoms with Crippen LogP contribution in [0.5, 0.6) is 0 Å². The van der Waals surface area contributed by atoms with Crippen molar-refractivity contribution in [2.45, 2.75) is 56.7 Å². The van der Waals surface area contributed by atoms with Crippen LogP contribution in [0.3, 0.4) is 0 Å². The van der Waals surface area contributed by atoms with E-state index in [-0.39, 0.29) is 0 Å². The molecule has 2 aliphatic rings. The number of ether oxygens (including phenoxy) is 1. The molecule has 0 amide bonds. The Bertz CT molecular complexity index is 192. The number of nitrogens with zero attached hydrogens (tertiary/aromatic N) is 1. The van der Waals surface area contributed by atoms with Gasteiger partial charge in [0.15, 0.2) is 0 Å². The second kappa shape index (κ2) is 5.28. The molecule has 1 aliphatic heterocycles. The average Bonchev–Trinajstić information content (AvgIpc) is 2.30. The summed E-state index contributed by atoms with van der Waals surface area (Å²) in [7, 11) is 2.23. The van der Waals surface area contributed by atoms with E-state index in [1.54, 1.807) is 0 Å². The third-order valence-electron chi connectivity index (χ3n) is 4.05. The van der Waals surface area contributed by atoms with E-state index in [9.17, 15) is 0 Å². The molecule has 0 aromatic carbocycles. The lowest BCUT2D eigenvalue weighted by atomic mass is 9.92. The molecule has 1 heterocycles. The van der Waals surface area contributed by atoms with E-state index in [0.29, 0.717) is 12.1 Å². The van der Waals surface area contributed by atoms with Gasteiger partial charge < -0.3 is 10.5 Å². The van der Waals surface area contributed by atoms with Gasteiger partial charge in [-0.1, -0.05) is 19.3 Å². The highest BCUT2D eigenvalue weighted by Gasteiger charge is 2.30. The smallest absolute Gasteiger partial charge is 0.0636 e. The quantitative estimate of drug-likeness (QED) is 0.751. The first-order valence-corrected chi connectivity index (χ1v) is 6.34. The first-order valence-electron chi connectivity index (χ1n) is 6.34. The summed E-state index contributed by atoms with van der Waals surface area (Å²) < 4.78 is 5.54. The van der Waals surface area contributed by atoms with E-state index in [1.165, 1.54) is 32.1 Å². The highest BCUT2D eigenvalue weighted by molar-refractivity contribution is 4.87. The molecular weight excluding hydrogens is 188 g/mol. The van der Waals surface area contributed by atoms with Gasteiger partial charge in [-0.25, -0.2) is 0 Å². The van der Waals surface area contributed by atoms with Gasteiger partial charge in [-0.2, -0.15) is 0 Å². The van der Waals surface area contributed by atoms with Crippen molar-refractivity contribution in [3.8, 4) is 0 Å². The molecule has 2 fully saturated rings. The number of hydrogen-bond donors (Lipinski definition) is 1. The Morgan fingerprint density at radius 2 is 1.87 bits per heavy atom. The number of hydrogen-bond acceptors (Lipinski definition) is 3. The molecule has 0 aromatic heterocycles. The van der Waals surface area contributed by atoms with Crippen molar-refractivity contribution in [3.05, 3.63) is 0 Å². The van der Waals surface area contributed by atoms with E-state index in [2.05, 4.69) is 11.9 Å². The predicted octanol–water partition coefficient (Wildman–Crippen LogP) is 1.37. The lowest BCUT2D eigenvalue weighted by Gasteiger charge is -2.41. The van der Waals surface area contributed by atoms with E-state index in [0.717, 1.165) is 25.7 Å². The van der Waals surface area contributed by atoms with Crippen molar-refractivity contribution in [2.24, 2.45) is 5.73 Å². The Labute approximate surface area is 93.0 Å². The molecule has 3 heteroatoms. The van der Waals surface area contributed by atoms with Gasteiger partial charge in [-0.15, -0.1) is 0 Å². The van der Waals surface area contributed by atoms with Gasteiger partial charge in [0.25, 0.3) is 0 Å². The van der Waals surface area contributed by atoms with Gasteiger partial charge in [0.2, 0.25) is 0 Å². The summed E-state index contributed by atoms with van der Waals surface area (Å²) in [6.07, 6.45) is 7.90. The van der Waals surface area contributed by atoms with Crippen molar-refractivity contribution >= 4 is 0 Å². The Morgan fingerprint density at radius 3 is 2.53 bits per heavy atom. The third-order valence-corrected chi connectivity index (χ3v) is 4.05. The van der Waals surface area contributed by atoms with Crippen LogP contribution in [-0.2, 0) is 4.74 Å². The maximum Gasteiger partial charge on any atom is 0.0636 e. The summed E-state index contributed by atoms with van der Waals surface area (Å²) in [5.41, 5.74) is 6.16. The standard InChI is InChI=1S/C12H24N2O/c1-14(10-5-3-2-4-6-10)12-9-15-8-7-11(12)13/h10-12H,2-9,13H2,1H3. The molecule has 0 aromatic rings. The Morgan fingerprint density at radius 1 is 1.13 bits per heavy atom. The molecule has 3 nitrogen and oxygen atoms in total. The summed E-state index contributed by atoms with van der Waals surface area (Å²) in [6.45, 7) is 1.67. The molecule has 2 unspecified atom stereocenters. The van der Waals surface area contributed by atoms with Crippen molar-refractivity contribution < 1.29 is 4.74 Å². The summed E-state index contributed by atoms with van der Waals surface area (Å²) in [6, 6.07) is 1.50. The number of rotatable bonds is 2. The van der Waals surface area contributed by atoms with Crippen LogP contribution in [0.4, 0.5) is 0 Å². The Hall–Kier alpha value is -0.120. The van der Waals surface area contributed by atoms with E-state index < -0.39 is 0 Å². The van der Waals surface area contributed by atoms with Crippen molar-refractivity contribution in [1.29, 1.82) is 0 Å². The van der Waals surface area contributed by atoms with Gasteiger partial charge >= 0.3 is 0 Å². The molecule has 0 radical (unpaired) electrons. The van der Waals surface area contributed by atoms with Gasteiger partial charge in [0.1, 0.15) is 0 Å². The molecule has 1 aliphatic carbocycles. The maximum atomic E-state index is 6.16. The van der Waals surface area contributed by atoms with E-state index in [1.807, 2.05) is 0 Å². The van der Waals surface area contributed by atoms with Crippen LogP contribution in [0.15, 0.2) is 0 Å². The normalized spacial score (nSPS) is 34.6. The largest absolute Gasteiger partial charge is 0.380 e. The first kappa shape index (κ1) is 11.4. The van der Waals surface area contributed by atoms with Crippen LogP contribution in [0.25, 0.3) is 0 Å². The summed E-state index contributed by atoms with van der Waals surface area (Å²) >= 11 is 0. The van der Waals surface area contributed by atoms with Crippen molar-refractivity contribution in [1.82, 2.24) is 4.90 Å². The zero-order valence-corrected chi connectivity index (χ0v) is 9.82. The fourth-order valence-corrected chi connectivity index (χ4v) is 2.92. The SMILES string of the molecule is CN(C1CCCCC1)C1COCCC1N. The summed E-state index contributed by atoms with van der Waals surface area (Å²) in [5.74, 6) is 0. The van der Waals surface area contributed by atoms with Gasteiger partial charge in [0.05, 0.1) is 6.61 Å². The molecular formula is C12H24N2O.